The van der Waals surface area contributed by atoms with Crippen LogP contribution in [0.3, 0.4) is 0 Å². The fourth-order valence-corrected chi connectivity index (χ4v) is 1.23. The third kappa shape index (κ3) is 3.46. The van der Waals surface area contributed by atoms with Gasteiger partial charge in [-0.1, -0.05) is 12.1 Å². The van der Waals surface area contributed by atoms with Crippen molar-refractivity contribution in [3.63, 3.8) is 0 Å². The molecule has 14 heavy (non-hydrogen) atoms. The molecule has 0 amide bonds. The average molecular weight is 214 g/mol. The maximum absolute atomic E-state index is 12.8. The first kappa shape index (κ1) is 11.2. The lowest BCUT2D eigenvalue weighted by atomic mass is 10.1. The lowest BCUT2D eigenvalue weighted by Crippen LogP contribution is -1.97. The standard InChI is InChI=1S/C11H13ClFN/c1-9(14-7-3-6-12)10-4-2-5-11(13)8-10/h2,4-5,8H,3,6-7H2,1H3/b14-9+. The smallest absolute Gasteiger partial charge is 0.123 e. The SMILES string of the molecule is C/C(=N\CCCCl)c1cccc(F)c1. The monoisotopic (exact) mass is 213 g/mol. The molecule has 76 valence electrons. The normalized spacial score (nSPS) is 11.8. The van der Waals surface area contributed by atoms with Crippen LogP contribution < -0.4 is 0 Å². The molecule has 0 bridgehead atoms. The Balaban J connectivity index is 2.68. The van der Waals surface area contributed by atoms with E-state index in [0.29, 0.717) is 12.4 Å². The first-order valence-electron chi connectivity index (χ1n) is 4.57. The van der Waals surface area contributed by atoms with Crippen LogP contribution in [0.4, 0.5) is 4.39 Å². The molecule has 0 aromatic heterocycles. The van der Waals surface area contributed by atoms with Crippen LogP contribution in [0.15, 0.2) is 29.3 Å². The van der Waals surface area contributed by atoms with Crippen LogP contribution in [0.25, 0.3) is 0 Å². The summed E-state index contributed by atoms with van der Waals surface area (Å²) in [4.78, 5) is 4.29. The molecule has 1 rings (SSSR count). The molecule has 0 unspecified atom stereocenters. The Morgan fingerprint density at radius 2 is 2.29 bits per heavy atom. The van der Waals surface area contributed by atoms with Gasteiger partial charge in [-0.25, -0.2) is 4.39 Å². The van der Waals surface area contributed by atoms with Gasteiger partial charge < -0.3 is 0 Å². The molecule has 0 radical (unpaired) electrons. The van der Waals surface area contributed by atoms with Gasteiger partial charge in [-0.05, 0) is 31.0 Å². The first-order chi connectivity index (χ1) is 6.74. The zero-order valence-corrected chi connectivity index (χ0v) is 8.89. The summed E-state index contributed by atoms with van der Waals surface area (Å²) in [6, 6.07) is 6.45. The van der Waals surface area contributed by atoms with Crippen LogP contribution in [0.5, 0.6) is 0 Å². The summed E-state index contributed by atoms with van der Waals surface area (Å²) in [6.07, 6.45) is 0.855. The van der Waals surface area contributed by atoms with Gasteiger partial charge in [0.2, 0.25) is 0 Å². The molecule has 1 aromatic rings. The van der Waals surface area contributed by atoms with Crippen LogP contribution >= 0.6 is 11.6 Å². The summed E-state index contributed by atoms with van der Waals surface area (Å²) in [5.41, 5.74) is 1.69. The zero-order chi connectivity index (χ0) is 10.4. The molecule has 0 aliphatic rings. The molecule has 3 heteroatoms. The second-order valence-electron chi connectivity index (χ2n) is 3.02. The molecule has 0 aliphatic carbocycles. The number of halogens is 2. The van der Waals surface area contributed by atoms with Crippen molar-refractivity contribution in [1.29, 1.82) is 0 Å². The fourth-order valence-electron chi connectivity index (χ4n) is 1.11. The number of alkyl halides is 1. The third-order valence-electron chi connectivity index (χ3n) is 1.88. The van der Waals surface area contributed by atoms with E-state index in [1.165, 1.54) is 12.1 Å². The maximum atomic E-state index is 12.8. The maximum Gasteiger partial charge on any atom is 0.123 e. The molecule has 0 spiro atoms. The molecule has 0 fully saturated rings. The predicted octanol–water partition coefficient (Wildman–Crippen LogP) is 3.26. The average Bonchev–Trinajstić information content (AvgIpc) is 2.18. The number of benzene rings is 1. The lowest BCUT2D eigenvalue weighted by molar-refractivity contribution is 0.627. The minimum absolute atomic E-state index is 0.227. The summed E-state index contributed by atoms with van der Waals surface area (Å²) in [5, 5.41) is 0. The van der Waals surface area contributed by atoms with Gasteiger partial charge in [0.25, 0.3) is 0 Å². The van der Waals surface area contributed by atoms with E-state index in [-0.39, 0.29) is 5.82 Å². The molecule has 1 aromatic carbocycles. The van der Waals surface area contributed by atoms with E-state index >= 15 is 0 Å². The van der Waals surface area contributed by atoms with Crippen LogP contribution in [0, 0.1) is 5.82 Å². The molecule has 0 aliphatic heterocycles. The third-order valence-corrected chi connectivity index (χ3v) is 2.15. The van der Waals surface area contributed by atoms with Gasteiger partial charge in [-0.2, -0.15) is 0 Å². The summed E-state index contributed by atoms with van der Waals surface area (Å²) in [6.45, 7) is 2.58. The molecule has 0 atom stereocenters. The molecule has 0 heterocycles. The highest BCUT2D eigenvalue weighted by Crippen LogP contribution is 2.05. The van der Waals surface area contributed by atoms with Gasteiger partial charge in [0.1, 0.15) is 5.82 Å². The molecule has 0 saturated carbocycles. The van der Waals surface area contributed by atoms with Gasteiger partial charge in [-0.15, -0.1) is 11.6 Å². The van der Waals surface area contributed by atoms with Gasteiger partial charge >= 0.3 is 0 Å². The van der Waals surface area contributed by atoms with Crippen molar-refractivity contribution in [2.45, 2.75) is 13.3 Å². The first-order valence-corrected chi connectivity index (χ1v) is 5.10. The van der Waals surface area contributed by atoms with Crippen molar-refractivity contribution >= 4 is 17.3 Å². The Bertz CT molecular complexity index is 323. The number of hydrogen-bond donors (Lipinski definition) is 0. The van der Waals surface area contributed by atoms with E-state index in [1.807, 2.05) is 13.0 Å². The highest BCUT2D eigenvalue weighted by atomic mass is 35.5. The van der Waals surface area contributed by atoms with Gasteiger partial charge in [0, 0.05) is 18.1 Å². The van der Waals surface area contributed by atoms with E-state index in [2.05, 4.69) is 4.99 Å². The molecule has 1 nitrogen and oxygen atoms in total. The summed E-state index contributed by atoms with van der Waals surface area (Å²) in [5.74, 6) is 0.384. The zero-order valence-electron chi connectivity index (χ0n) is 8.13. The Kier molecular flexibility index (Phi) is 4.60. The number of nitrogens with zero attached hydrogens (tertiary/aromatic N) is 1. The number of hydrogen-bond acceptors (Lipinski definition) is 1. The van der Waals surface area contributed by atoms with Gasteiger partial charge in [0.05, 0.1) is 0 Å². The Morgan fingerprint density at radius 1 is 1.50 bits per heavy atom. The lowest BCUT2D eigenvalue weighted by Gasteiger charge is -2.00. The van der Waals surface area contributed by atoms with Crippen molar-refractivity contribution in [3.8, 4) is 0 Å². The summed E-state index contributed by atoms with van der Waals surface area (Å²) >= 11 is 5.53. The number of rotatable bonds is 4. The Labute approximate surface area is 88.6 Å². The van der Waals surface area contributed by atoms with Crippen LogP contribution in [-0.4, -0.2) is 18.1 Å². The van der Waals surface area contributed by atoms with Crippen LogP contribution in [0.1, 0.15) is 18.9 Å². The van der Waals surface area contributed by atoms with Crippen molar-refractivity contribution < 1.29 is 4.39 Å². The van der Waals surface area contributed by atoms with E-state index in [1.54, 1.807) is 6.07 Å². The highest BCUT2D eigenvalue weighted by Gasteiger charge is 1.97. The van der Waals surface area contributed by atoms with Crippen LogP contribution in [-0.2, 0) is 0 Å². The highest BCUT2D eigenvalue weighted by molar-refractivity contribution is 6.17. The Morgan fingerprint density at radius 3 is 2.93 bits per heavy atom. The van der Waals surface area contributed by atoms with E-state index in [4.69, 9.17) is 11.6 Å². The molecular weight excluding hydrogens is 201 g/mol. The second kappa shape index (κ2) is 5.76. The summed E-state index contributed by atoms with van der Waals surface area (Å²) < 4.78 is 12.8. The molecular formula is C11H13ClFN. The quantitative estimate of drug-likeness (QED) is 0.414. The predicted molar refractivity (Wildman–Crippen MR) is 58.8 cm³/mol. The Hall–Kier alpha value is -0.890. The minimum atomic E-state index is -0.227. The fraction of sp³-hybridized carbons (Fsp3) is 0.364. The molecule has 0 saturated heterocycles. The van der Waals surface area contributed by atoms with Crippen molar-refractivity contribution in [1.82, 2.24) is 0 Å². The largest absolute Gasteiger partial charge is 0.289 e. The van der Waals surface area contributed by atoms with E-state index in [9.17, 15) is 4.39 Å². The minimum Gasteiger partial charge on any atom is -0.289 e. The topological polar surface area (TPSA) is 12.4 Å². The van der Waals surface area contributed by atoms with Crippen molar-refractivity contribution in [2.75, 3.05) is 12.4 Å². The summed E-state index contributed by atoms with van der Waals surface area (Å²) in [7, 11) is 0. The molecule has 0 N–H and O–H groups in total. The second-order valence-corrected chi connectivity index (χ2v) is 3.40. The van der Waals surface area contributed by atoms with Crippen molar-refractivity contribution in [3.05, 3.63) is 35.6 Å². The van der Waals surface area contributed by atoms with Gasteiger partial charge in [0.15, 0.2) is 0 Å². The number of aliphatic imine (C=N–C) groups is 1. The van der Waals surface area contributed by atoms with E-state index < -0.39 is 0 Å². The van der Waals surface area contributed by atoms with Crippen molar-refractivity contribution in [2.24, 2.45) is 4.99 Å². The van der Waals surface area contributed by atoms with E-state index in [0.717, 1.165) is 17.7 Å². The van der Waals surface area contributed by atoms with Crippen LogP contribution in [0.2, 0.25) is 0 Å². The van der Waals surface area contributed by atoms with Gasteiger partial charge in [-0.3, -0.25) is 4.99 Å².